The second kappa shape index (κ2) is 10.8. The summed E-state index contributed by atoms with van der Waals surface area (Å²) in [6.07, 6.45) is 0. The average molecular weight is 651 g/mol. The zero-order chi connectivity index (χ0) is 33.5. The Labute approximate surface area is 293 Å². The van der Waals surface area contributed by atoms with Crippen LogP contribution < -0.4 is 0 Å². The van der Waals surface area contributed by atoms with Crippen LogP contribution in [0.1, 0.15) is 0 Å². The van der Waals surface area contributed by atoms with Crippen molar-refractivity contribution in [3.8, 4) is 33.6 Å². The number of benzene rings is 8. The lowest BCUT2D eigenvalue weighted by Crippen LogP contribution is -1.94. The number of furan rings is 1. The quantitative estimate of drug-likeness (QED) is 0.186. The predicted octanol–water partition coefficient (Wildman–Crippen LogP) is 13.1. The van der Waals surface area contributed by atoms with Crippen molar-refractivity contribution in [1.82, 2.24) is 9.13 Å². The van der Waals surface area contributed by atoms with Crippen LogP contribution in [0.3, 0.4) is 0 Å². The van der Waals surface area contributed by atoms with E-state index in [4.69, 9.17) is 4.42 Å². The Morgan fingerprint density at radius 3 is 1.57 bits per heavy atom. The number of nitrogens with zero attached hydrogens (tertiary/aromatic N) is 2. The van der Waals surface area contributed by atoms with Crippen LogP contribution in [-0.2, 0) is 0 Å². The van der Waals surface area contributed by atoms with Crippen LogP contribution in [0.25, 0.3) is 99.2 Å². The molecule has 0 atom stereocenters. The summed E-state index contributed by atoms with van der Waals surface area (Å²) in [5.41, 5.74) is 13.6. The van der Waals surface area contributed by atoms with Crippen molar-refractivity contribution < 1.29 is 4.42 Å². The summed E-state index contributed by atoms with van der Waals surface area (Å²) in [5.74, 6) is 0. The topological polar surface area (TPSA) is 23.0 Å². The van der Waals surface area contributed by atoms with Crippen LogP contribution in [-0.4, -0.2) is 9.13 Å². The van der Waals surface area contributed by atoms with Crippen molar-refractivity contribution in [3.63, 3.8) is 0 Å². The molecule has 0 unspecified atom stereocenters. The van der Waals surface area contributed by atoms with Gasteiger partial charge >= 0.3 is 0 Å². The molecule has 51 heavy (non-hydrogen) atoms. The van der Waals surface area contributed by atoms with Crippen LogP contribution in [0.4, 0.5) is 0 Å². The Bertz CT molecular complexity index is 3130. The minimum atomic E-state index is 0.892. The van der Waals surface area contributed by atoms with Crippen LogP contribution >= 0.6 is 0 Å². The third kappa shape index (κ3) is 4.25. The van der Waals surface area contributed by atoms with Crippen molar-refractivity contribution >= 4 is 65.6 Å². The van der Waals surface area contributed by atoms with Gasteiger partial charge in [-0.2, -0.15) is 0 Å². The van der Waals surface area contributed by atoms with E-state index in [1.165, 1.54) is 71.6 Å². The fourth-order valence-electron chi connectivity index (χ4n) is 8.15. The van der Waals surface area contributed by atoms with Crippen LogP contribution in [0.15, 0.2) is 186 Å². The largest absolute Gasteiger partial charge is 0.456 e. The van der Waals surface area contributed by atoms with Crippen molar-refractivity contribution in [2.24, 2.45) is 0 Å². The number of fused-ring (bicyclic) bond motifs is 9. The Morgan fingerprint density at radius 1 is 0.275 bits per heavy atom. The first kappa shape index (κ1) is 28.0. The Balaban J connectivity index is 1.11. The van der Waals surface area contributed by atoms with Gasteiger partial charge in [0.05, 0.1) is 22.1 Å². The second-order valence-electron chi connectivity index (χ2n) is 13.4. The van der Waals surface area contributed by atoms with Crippen LogP contribution in [0, 0.1) is 0 Å². The monoisotopic (exact) mass is 650 g/mol. The Kier molecular flexibility index (Phi) is 5.96. The summed E-state index contributed by atoms with van der Waals surface area (Å²) in [6, 6.07) is 65.5. The highest BCUT2D eigenvalue weighted by Gasteiger charge is 2.17. The maximum atomic E-state index is 6.35. The van der Waals surface area contributed by atoms with Gasteiger partial charge in [-0.25, -0.2) is 0 Å². The molecule has 3 heterocycles. The van der Waals surface area contributed by atoms with Crippen molar-refractivity contribution in [3.05, 3.63) is 182 Å². The van der Waals surface area contributed by atoms with E-state index in [0.29, 0.717) is 0 Å². The molecule has 238 valence electrons. The summed E-state index contributed by atoms with van der Waals surface area (Å²) < 4.78 is 11.1. The van der Waals surface area contributed by atoms with Gasteiger partial charge in [-0.3, -0.25) is 0 Å². The Morgan fingerprint density at radius 2 is 0.784 bits per heavy atom. The van der Waals surface area contributed by atoms with Gasteiger partial charge in [-0.1, -0.05) is 109 Å². The predicted molar refractivity (Wildman–Crippen MR) is 213 cm³/mol. The Hall–Kier alpha value is -6.84. The molecule has 3 heteroatoms. The zero-order valence-electron chi connectivity index (χ0n) is 27.6. The lowest BCUT2D eigenvalue weighted by molar-refractivity contribution is 0.669. The summed E-state index contributed by atoms with van der Waals surface area (Å²) in [7, 11) is 0. The highest BCUT2D eigenvalue weighted by molar-refractivity contribution is 6.13. The maximum Gasteiger partial charge on any atom is 0.135 e. The molecule has 0 saturated carbocycles. The van der Waals surface area contributed by atoms with E-state index in [-0.39, 0.29) is 0 Å². The van der Waals surface area contributed by atoms with Gasteiger partial charge < -0.3 is 13.6 Å². The minimum absolute atomic E-state index is 0.892. The molecule has 0 aliphatic heterocycles. The standard InChI is InChI=1S/C48H30N2O/c1-3-11-31(12-4-1)32-21-25-47-41(28-32)42-30-36(22-26-48(42)51-47)50-43-17-9-7-15-37(43)39-23-19-34(29-46(39)50)33-20-24-45-40(27-33)38-16-8-10-18-44(38)49(45)35-13-5-2-6-14-35/h1-30H. The molecule has 3 nitrogen and oxygen atoms in total. The summed E-state index contributed by atoms with van der Waals surface area (Å²) >= 11 is 0. The van der Waals surface area contributed by atoms with E-state index in [9.17, 15) is 0 Å². The molecule has 0 saturated heterocycles. The molecule has 0 aliphatic rings. The minimum Gasteiger partial charge on any atom is -0.456 e. The highest BCUT2D eigenvalue weighted by atomic mass is 16.3. The number of hydrogen-bond donors (Lipinski definition) is 0. The van der Waals surface area contributed by atoms with Gasteiger partial charge in [0.1, 0.15) is 11.2 Å². The lowest BCUT2D eigenvalue weighted by atomic mass is 10.0. The molecular weight excluding hydrogens is 621 g/mol. The molecule has 0 N–H and O–H groups in total. The van der Waals surface area contributed by atoms with Gasteiger partial charge in [0.15, 0.2) is 0 Å². The molecule has 11 aromatic rings. The third-order valence-corrected chi connectivity index (χ3v) is 10.5. The van der Waals surface area contributed by atoms with Crippen LogP contribution in [0.2, 0.25) is 0 Å². The van der Waals surface area contributed by atoms with E-state index >= 15 is 0 Å². The van der Waals surface area contributed by atoms with Gasteiger partial charge in [0.2, 0.25) is 0 Å². The number of aromatic nitrogens is 2. The SMILES string of the molecule is c1ccc(-c2ccc3oc4ccc(-n5c6ccccc6c6ccc(-c7ccc8c(c7)c7ccccc7n8-c7ccccc7)cc65)cc4c3c2)cc1. The van der Waals surface area contributed by atoms with Crippen molar-refractivity contribution in [2.75, 3.05) is 0 Å². The average Bonchev–Trinajstić information content (AvgIpc) is 3.85. The van der Waals surface area contributed by atoms with Gasteiger partial charge in [0.25, 0.3) is 0 Å². The van der Waals surface area contributed by atoms with E-state index in [2.05, 4.69) is 191 Å². The normalized spacial score (nSPS) is 11.9. The maximum absolute atomic E-state index is 6.35. The summed E-state index contributed by atoms with van der Waals surface area (Å²) in [5, 5.41) is 7.22. The highest BCUT2D eigenvalue weighted by Crippen LogP contribution is 2.40. The number of rotatable bonds is 4. The second-order valence-corrected chi connectivity index (χ2v) is 13.4. The molecule has 0 fully saturated rings. The van der Waals surface area contributed by atoms with Gasteiger partial charge in [-0.05, 0) is 95.1 Å². The molecule has 0 amide bonds. The van der Waals surface area contributed by atoms with E-state index in [1.807, 2.05) is 0 Å². The first-order valence-electron chi connectivity index (χ1n) is 17.4. The van der Waals surface area contributed by atoms with Crippen molar-refractivity contribution in [2.45, 2.75) is 0 Å². The lowest BCUT2D eigenvalue weighted by Gasteiger charge is -2.10. The summed E-state index contributed by atoms with van der Waals surface area (Å²) in [4.78, 5) is 0. The van der Waals surface area contributed by atoms with Gasteiger partial charge in [-0.15, -0.1) is 0 Å². The third-order valence-electron chi connectivity index (χ3n) is 10.5. The molecule has 0 spiro atoms. The first-order valence-corrected chi connectivity index (χ1v) is 17.4. The fourth-order valence-corrected chi connectivity index (χ4v) is 8.15. The molecule has 0 radical (unpaired) electrons. The van der Waals surface area contributed by atoms with Crippen LogP contribution in [0.5, 0.6) is 0 Å². The molecule has 3 aromatic heterocycles. The first-order chi connectivity index (χ1) is 25.3. The molecule has 8 aromatic carbocycles. The number of para-hydroxylation sites is 3. The molecule has 11 rings (SSSR count). The van der Waals surface area contributed by atoms with E-state index < -0.39 is 0 Å². The molecular formula is C48H30N2O. The molecule has 0 bridgehead atoms. The summed E-state index contributed by atoms with van der Waals surface area (Å²) in [6.45, 7) is 0. The fraction of sp³-hybridized carbons (Fsp3) is 0. The van der Waals surface area contributed by atoms with E-state index in [0.717, 1.165) is 27.6 Å². The van der Waals surface area contributed by atoms with Gasteiger partial charge in [0, 0.05) is 43.7 Å². The number of hydrogen-bond acceptors (Lipinski definition) is 1. The molecule has 0 aliphatic carbocycles. The van der Waals surface area contributed by atoms with Crippen molar-refractivity contribution in [1.29, 1.82) is 0 Å². The smallest absolute Gasteiger partial charge is 0.135 e. The zero-order valence-corrected chi connectivity index (χ0v) is 27.6. The van der Waals surface area contributed by atoms with E-state index in [1.54, 1.807) is 0 Å².